The van der Waals surface area contributed by atoms with Gasteiger partial charge in [0.25, 0.3) is 0 Å². The zero-order chi connectivity index (χ0) is 14.6. The molecule has 0 spiro atoms. The number of methoxy groups -OCH3 is 1. The van der Waals surface area contributed by atoms with Gasteiger partial charge in [-0.25, -0.2) is 4.79 Å². The van der Waals surface area contributed by atoms with Crippen LogP contribution in [0.1, 0.15) is 37.5 Å². The van der Waals surface area contributed by atoms with E-state index in [0.717, 1.165) is 22.4 Å². The summed E-state index contributed by atoms with van der Waals surface area (Å²) in [5.74, 6) is 0.549. The molecule has 0 N–H and O–H groups in total. The van der Waals surface area contributed by atoms with Gasteiger partial charge in [0.1, 0.15) is 11.4 Å². The van der Waals surface area contributed by atoms with Crippen molar-refractivity contribution in [2.75, 3.05) is 7.11 Å². The molecule has 3 heteroatoms. The number of aryl methyl sites for hydroxylation is 2. The summed E-state index contributed by atoms with van der Waals surface area (Å²) in [6.45, 7) is 9.51. The second-order valence-electron chi connectivity index (χ2n) is 5.55. The predicted molar refractivity (Wildman–Crippen MR) is 77.3 cm³/mol. The Balaban J connectivity index is 2.86. The van der Waals surface area contributed by atoms with Crippen LogP contribution >= 0.6 is 0 Å². The lowest BCUT2D eigenvalue weighted by molar-refractivity contribution is -0.148. The topological polar surface area (TPSA) is 35.5 Å². The van der Waals surface area contributed by atoms with E-state index in [1.807, 2.05) is 46.8 Å². The van der Waals surface area contributed by atoms with Crippen molar-refractivity contribution in [1.29, 1.82) is 0 Å². The second kappa shape index (κ2) is 5.91. The van der Waals surface area contributed by atoms with Crippen LogP contribution in [0.15, 0.2) is 18.2 Å². The molecule has 19 heavy (non-hydrogen) atoms. The van der Waals surface area contributed by atoms with Crippen molar-refractivity contribution < 1.29 is 14.3 Å². The minimum absolute atomic E-state index is 0.335. The van der Waals surface area contributed by atoms with Gasteiger partial charge >= 0.3 is 5.97 Å². The molecule has 0 saturated carbocycles. The standard InChI is InChI=1S/C16H22O3/c1-11-9-13(10-12(2)15(11)18-6)7-8-14(17)19-16(3,4)5/h7-10H,1-6H3/b8-7+. The number of hydrogen-bond donors (Lipinski definition) is 0. The molecule has 0 unspecified atom stereocenters. The Hall–Kier alpha value is -1.77. The molecule has 0 bridgehead atoms. The van der Waals surface area contributed by atoms with Gasteiger partial charge in [0.05, 0.1) is 7.11 Å². The smallest absolute Gasteiger partial charge is 0.331 e. The first kappa shape index (κ1) is 15.3. The average molecular weight is 262 g/mol. The molecule has 0 fully saturated rings. The van der Waals surface area contributed by atoms with Crippen LogP contribution in [-0.2, 0) is 9.53 Å². The molecule has 0 aliphatic carbocycles. The predicted octanol–water partition coefficient (Wildman–Crippen LogP) is 3.67. The Kier molecular flexibility index (Phi) is 4.76. The monoisotopic (exact) mass is 262 g/mol. The Bertz CT molecular complexity index is 470. The number of benzene rings is 1. The first-order valence-corrected chi connectivity index (χ1v) is 6.29. The molecule has 0 aromatic heterocycles. The number of esters is 1. The SMILES string of the molecule is COc1c(C)cc(/C=C/C(=O)OC(C)(C)C)cc1C. The maximum atomic E-state index is 11.6. The molecular weight excluding hydrogens is 240 g/mol. The highest BCUT2D eigenvalue weighted by Gasteiger charge is 2.13. The first-order chi connectivity index (χ1) is 8.73. The highest BCUT2D eigenvalue weighted by molar-refractivity contribution is 5.87. The van der Waals surface area contributed by atoms with E-state index in [4.69, 9.17) is 9.47 Å². The molecule has 1 aromatic rings. The molecule has 0 aliphatic heterocycles. The van der Waals surface area contributed by atoms with E-state index in [1.165, 1.54) is 6.08 Å². The molecule has 0 saturated heterocycles. The summed E-state index contributed by atoms with van der Waals surface area (Å²) in [7, 11) is 1.66. The summed E-state index contributed by atoms with van der Waals surface area (Å²) in [4.78, 5) is 11.6. The minimum atomic E-state index is -0.465. The Morgan fingerprint density at radius 3 is 2.11 bits per heavy atom. The van der Waals surface area contributed by atoms with Crippen LogP contribution in [0.2, 0.25) is 0 Å². The molecule has 104 valence electrons. The molecule has 0 radical (unpaired) electrons. The van der Waals surface area contributed by atoms with E-state index >= 15 is 0 Å². The Morgan fingerprint density at radius 1 is 1.16 bits per heavy atom. The van der Waals surface area contributed by atoms with E-state index in [9.17, 15) is 4.79 Å². The van der Waals surface area contributed by atoms with Crippen LogP contribution < -0.4 is 4.74 Å². The molecule has 0 aliphatic rings. The van der Waals surface area contributed by atoms with Gasteiger partial charge in [0, 0.05) is 6.08 Å². The fourth-order valence-corrected chi connectivity index (χ4v) is 1.90. The van der Waals surface area contributed by atoms with E-state index in [1.54, 1.807) is 13.2 Å². The number of carbonyl (C=O) groups excluding carboxylic acids is 1. The van der Waals surface area contributed by atoms with E-state index in [0.29, 0.717) is 0 Å². The number of hydrogen-bond acceptors (Lipinski definition) is 3. The van der Waals surface area contributed by atoms with Crippen molar-refractivity contribution in [2.45, 2.75) is 40.2 Å². The second-order valence-corrected chi connectivity index (χ2v) is 5.55. The van der Waals surface area contributed by atoms with Gasteiger partial charge in [-0.2, -0.15) is 0 Å². The van der Waals surface area contributed by atoms with Gasteiger partial charge in [0.15, 0.2) is 0 Å². The van der Waals surface area contributed by atoms with Crippen LogP contribution in [0.25, 0.3) is 6.08 Å². The van der Waals surface area contributed by atoms with Crippen molar-refractivity contribution in [3.63, 3.8) is 0 Å². The lowest BCUT2D eigenvalue weighted by Crippen LogP contribution is -2.22. The summed E-state index contributed by atoms with van der Waals surface area (Å²) in [6.07, 6.45) is 3.21. The van der Waals surface area contributed by atoms with Crippen molar-refractivity contribution >= 4 is 12.0 Å². The van der Waals surface area contributed by atoms with Crippen molar-refractivity contribution in [3.05, 3.63) is 34.9 Å². The molecule has 0 atom stereocenters. The summed E-state index contributed by atoms with van der Waals surface area (Å²) >= 11 is 0. The Morgan fingerprint density at radius 2 is 1.68 bits per heavy atom. The quantitative estimate of drug-likeness (QED) is 0.616. The highest BCUT2D eigenvalue weighted by Crippen LogP contribution is 2.24. The lowest BCUT2D eigenvalue weighted by Gasteiger charge is -2.17. The lowest BCUT2D eigenvalue weighted by atomic mass is 10.1. The third-order valence-corrected chi connectivity index (χ3v) is 2.51. The van der Waals surface area contributed by atoms with Crippen LogP contribution in [0.5, 0.6) is 5.75 Å². The fraction of sp³-hybridized carbons (Fsp3) is 0.438. The van der Waals surface area contributed by atoms with Crippen LogP contribution in [0.4, 0.5) is 0 Å². The zero-order valence-corrected chi connectivity index (χ0v) is 12.5. The van der Waals surface area contributed by atoms with Gasteiger partial charge in [-0.05, 0) is 69.5 Å². The summed E-state index contributed by atoms with van der Waals surface area (Å²) in [5, 5.41) is 0. The van der Waals surface area contributed by atoms with Crippen molar-refractivity contribution in [3.8, 4) is 5.75 Å². The largest absolute Gasteiger partial charge is 0.496 e. The van der Waals surface area contributed by atoms with Gasteiger partial charge in [-0.15, -0.1) is 0 Å². The molecule has 3 nitrogen and oxygen atoms in total. The first-order valence-electron chi connectivity index (χ1n) is 6.29. The van der Waals surface area contributed by atoms with Crippen LogP contribution in [0.3, 0.4) is 0 Å². The fourth-order valence-electron chi connectivity index (χ4n) is 1.90. The maximum Gasteiger partial charge on any atom is 0.331 e. The van der Waals surface area contributed by atoms with E-state index in [-0.39, 0.29) is 5.97 Å². The van der Waals surface area contributed by atoms with Gasteiger partial charge in [-0.3, -0.25) is 0 Å². The molecule has 0 amide bonds. The third kappa shape index (κ3) is 4.78. The zero-order valence-electron chi connectivity index (χ0n) is 12.5. The molecule has 0 heterocycles. The van der Waals surface area contributed by atoms with Crippen molar-refractivity contribution in [2.24, 2.45) is 0 Å². The van der Waals surface area contributed by atoms with Crippen LogP contribution in [-0.4, -0.2) is 18.7 Å². The van der Waals surface area contributed by atoms with Crippen LogP contribution in [0, 0.1) is 13.8 Å². The normalized spacial score (nSPS) is 11.7. The van der Waals surface area contributed by atoms with Gasteiger partial charge < -0.3 is 9.47 Å². The van der Waals surface area contributed by atoms with Crippen molar-refractivity contribution in [1.82, 2.24) is 0 Å². The Labute approximate surface area is 115 Å². The summed E-state index contributed by atoms with van der Waals surface area (Å²) in [6, 6.07) is 3.96. The average Bonchev–Trinajstić information content (AvgIpc) is 2.23. The third-order valence-electron chi connectivity index (χ3n) is 2.51. The summed E-state index contributed by atoms with van der Waals surface area (Å²) < 4.78 is 10.5. The highest BCUT2D eigenvalue weighted by atomic mass is 16.6. The molecular formula is C16H22O3. The minimum Gasteiger partial charge on any atom is -0.496 e. The number of rotatable bonds is 3. The number of carbonyl (C=O) groups is 1. The summed E-state index contributed by atoms with van der Waals surface area (Å²) in [5.41, 5.74) is 2.59. The maximum absolute atomic E-state index is 11.6. The van der Waals surface area contributed by atoms with Gasteiger partial charge in [0.2, 0.25) is 0 Å². The van der Waals surface area contributed by atoms with E-state index < -0.39 is 5.60 Å². The molecule has 1 rings (SSSR count). The van der Waals surface area contributed by atoms with E-state index in [2.05, 4.69) is 0 Å². The number of ether oxygens (including phenoxy) is 2. The molecule has 1 aromatic carbocycles. The van der Waals surface area contributed by atoms with Gasteiger partial charge in [-0.1, -0.05) is 0 Å².